The molecule has 4 heteroatoms. The zero-order valence-corrected chi connectivity index (χ0v) is 10.1. The molecule has 0 fully saturated rings. The Bertz CT molecular complexity index is 166. The first-order chi connectivity index (χ1) is 5.87. The Hall–Kier alpha value is -0.280. The Balaban J connectivity index is 0. The molecule has 0 rings (SSSR count). The fourth-order valence-corrected chi connectivity index (χ4v) is 1.20. The van der Waals surface area contributed by atoms with Gasteiger partial charge in [-0.2, -0.15) is 0 Å². The summed E-state index contributed by atoms with van der Waals surface area (Å²) in [5, 5.41) is 8.85. The molecule has 0 aromatic carbocycles. The molecule has 0 saturated carbocycles. The smallest absolute Gasteiger partial charge is 0.306 e. The first-order valence-corrected chi connectivity index (χ1v) is 4.79. The number of hydrogen-bond acceptors (Lipinski definition) is 2. The van der Waals surface area contributed by atoms with Gasteiger partial charge < -0.3 is 10.8 Å². The number of halogens is 1. The van der Waals surface area contributed by atoms with E-state index in [1.165, 1.54) is 0 Å². The zero-order chi connectivity index (χ0) is 10.5. The first kappa shape index (κ1) is 16.2. The zero-order valence-electron chi connectivity index (χ0n) is 9.25. The minimum absolute atomic E-state index is 0. The normalized spacial score (nSPS) is 13.1. The van der Waals surface area contributed by atoms with E-state index < -0.39 is 5.97 Å². The van der Waals surface area contributed by atoms with Crippen LogP contribution in [0, 0.1) is 11.3 Å². The number of hydrogen-bond donors (Lipinski definition) is 2. The molecule has 86 valence electrons. The molecule has 1 unspecified atom stereocenters. The van der Waals surface area contributed by atoms with Crippen LogP contribution in [0.2, 0.25) is 0 Å². The lowest BCUT2D eigenvalue weighted by Crippen LogP contribution is -2.20. The molecular weight excluding hydrogens is 202 g/mol. The lowest BCUT2D eigenvalue weighted by Gasteiger charge is -2.20. The summed E-state index contributed by atoms with van der Waals surface area (Å²) < 4.78 is 0. The van der Waals surface area contributed by atoms with Gasteiger partial charge in [0.15, 0.2) is 0 Å². The van der Waals surface area contributed by atoms with E-state index in [4.69, 9.17) is 10.8 Å². The van der Waals surface area contributed by atoms with Gasteiger partial charge >= 0.3 is 5.97 Å². The van der Waals surface area contributed by atoms with Crippen molar-refractivity contribution in [2.75, 3.05) is 6.54 Å². The maximum Gasteiger partial charge on any atom is 0.306 e. The molecule has 0 aliphatic rings. The van der Waals surface area contributed by atoms with Gasteiger partial charge in [0.25, 0.3) is 0 Å². The van der Waals surface area contributed by atoms with E-state index in [-0.39, 0.29) is 23.7 Å². The van der Waals surface area contributed by atoms with Crippen molar-refractivity contribution in [3.05, 3.63) is 0 Å². The van der Waals surface area contributed by atoms with Crippen LogP contribution in [0.15, 0.2) is 0 Å². The number of rotatable bonds is 5. The lowest BCUT2D eigenvalue weighted by atomic mass is 9.86. The van der Waals surface area contributed by atoms with E-state index in [9.17, 15) is 4.79 Å². The number of nitrogens with two attached hydrogens (primary N) is 1. The Kier molecular flexibility index (Phi) is 8.16. The van der Waals surface area contributed by atoms with Crippen LogP contribution >= 0.6 is 12.4 Å². The molecule has 3 N–H and O–H groups in total. The molecule has 0 aromatic heterocycles. The van der Waals surface area contributed by atoms with E-state index in [1.807, 2.05) is 0 Å². The average molecular weight is 224 g/mol. The average Bonchev–Trinajstić information content (AvgIpc) is 1.95. The van der Waals surface area contributed by atoms with Crippen LogP contribution in [0.3, 0.4) is 0 Å². The maximum absolute atomic E-state index is 10.8. The molecule has 0 aliphatic carbocycles. The molecule has 0 bridgehead atoms. The summed E-state index contributed by atoms with van der Waals surface area (Å²) >= 11 is 0. The van der Waals surface area contributed by atoms with Crippen molar-refractivity contribution in [2.45, 2.75) is 40.0 Å². The van der Waals surface area contributed by atoms with Gasteiger partial charge in [-0.05, 0) is 31.2 Å². The molecule has 0 spiro atoms. The van der Waals surface area contributed by atoms with E-state index in [0.29, 0.717) is 13.0 Å². The van der Waals surface area contributed by atoms with Gasteiger partial charge in [-0.25, -0.2) is 0 Å². The fraction of sp³-hybridized carbons (Fsp3) is 0.900. The highest BCUT2D eigenvalue weighted by atomic mass is 35.5. The molecule has 0 amide bonds. The molecule has 3 nitrogen and oxygen atoms in total. The van der Waals surface area contributed by atoms with Crippen molar-refractivity contribution in [2.24, 2.45) is 17.1 Å². The van der Waals surface area contributed by atoms with Gasteiger partial charge in [0.2, 0.25) is 0 Å². The summed E-state index contributed by atoms with van der Waals surface area (Å²) in [6.45, 7) is 6.82. The predicted molar refractivity (Wildman–Crippen MR) is 60.7 cm³/mol. The summed E-state index contributed by atoms with van der Waals surface area (Å²) in [6.07, 6.45) is 2.26. The molecule has 0 heterocycles. The van der Waals surface area contributed by atoms with Crippen molar-refractivity contribution in [1.29, 1.82) is 0 Å². The van der Waals surface area contributed by atoms with Gasteiger partial charge in [0.1, 0.15) is 0 Å². The van der Waals surface area contributed by atoms with Gasteiger partial charge in [0, 0.05) is 0 Å². The van der Waals surface area contributed by atoms with Crippen LogP contribution in [-0.2, 0) is 4.79 Å². The quantitative estimate of drug-likeness (QED) is 0.752. The largest absolute Gasteiger partial charge is 0.481 e. The molecule has 0 saturated heterocycles. The number of carboxylic acid groups (broad SMARTS) is 1. The van der Waals surface area contributed by atoms with Crippen LogP contribution in [0.5, 0.6) is 0 Å². The third kappa shape index (κ3) is 8.32. The standard InChI is InChI=1S/C10H21NO2.ClH/c1-10(2,3)6-4-8(5-7-11)9(12)13;/h8H,4-7,11H2,1-3H3,(H,12,13);1H. The first-order valence-electron chi connectivity index (χ1n) is 4.79. The Labute approximate surface area is 92.5 Å². The molecule has 0 aromatic rings. The highest BCUT2D eigenvalue weighted by molar-refractivity contribution is 5.85. The third-order valence-electron chi connectivity index (χ3n) is 2.11. The highest BCUT2D eigenvalue weighted by Crippen LogP contribution is 2.24. The summed E-state index contributed by atoms with van der Waals surface area (Å²) in [5.74, 6) is -0.973. The minimum atomic E-state index is -0.713. The molecule has 1 atom stereocenters. The Morgan fingerprint density at radius 2 is 1.86 bits per heavy atom. The lowest BCUT2D eigenvalue weighted by molar-refractivity contribution is -0.142. The van der Waals surface area contributed by atoms with Crippen LogP contribution in [0.1, 0.15) is 40.0 Å². The number of carbonyl (C=O) groups is 1. The van der Waals surface area contributed by atoms with Crippen LogP contribution in [-0.4, -0.2) is 17.6 Å². The van der Waals surface area contributed by atoms with Crippen molar-refractivity contribution < 1.29 is 9.90 Å². The van der Waals surface area contributed by atoms with Crippen LogP contribution in [0.25, 0.3) is 0 Å². The Morgan fingerprint density at radius 3 is 2.14 bits per heavy atom. The van der Waals surface area contributed by atoms with Crippen molar-refractivity contribution in [3.63, 3.8) is 0 Å². The summed E-state index contributed by atoms with van der Waals surface area (Å²) in [4.78, 5) is 10.8. The van der Waals surface area contributed by atoms with Crippen molar-refractivity contribution >= 4 is 18.4 Å². The second kappa shape index (κ2) is 7.07. The van der Waals surface area contributed by atoms with Gasteiger partial charge in [0.05, 0.1) is 5.92 Å². The minimum Gasteiger partial charge on any atom is -0.481 e. The monoisotopic (exact) mass is 223 g/mol. The molecular formula is C10H22ClNO2. The van der Waals surface area contributed by atoms with E-state index in [2.05, 4.69) is 20.8 Å². The number of aliphatic carboxylic acids is 1. The predicted octanol–water partition coefficient (Wildman–Crippen LogP) is 2.28. The summed E-state index contributed by atoms with van der Waals surface area (Å²) in [7, 11) is 0. The van der Waals surface area contributed by atoms with Crippen molar-refractivity contribution in [1.82, 2.24) is 0 Å². The number of carboxylic acids is 1. The highest BCUT2D eigenvalue weighted by Gasteiger charge is 2.19. The van der Waals surface area contributed by atoms with E-state index in [0.717, 1.165) is 12.8 Å². The Morgan fingerprint density at radius 1 is 1.36 bits per heavy atom. The molecule has 0 aliphatic heterocycles. The molecule has 0 radical (unpaired) electrons. The maximum atomic E-state index is 10.8. The van der Waals surface area contributed by atoms with Gasteiger partial charge in [-0.1, -0.05) is 20.8 Å². The molecule has 14 heavy (non-hydrogen) atoms. The third-order valence-corrected chi connectivity index (χ3v) is 2.11. The SMILES string of the molecule is CC(C)(C)CCC(CCN)C(=O)O.Cl. The van der Waals surface area contributed by atoms with Crippen LogP contribution < -0.4 is 5.73 Å². The fourth-order valence-electron chi connectivity index (χ4n) is 1.20. The van der Waals surface area contributed by atoms with Crippen molar-refractivity contribution in [3.8, 4) is 0 Å². The van der Waals surface area contributed by atoms with Gasteiger partial charge in [-0.3, -0.25) is 4.79 Å². The second-order valence-electron chi connectivity index (χ2n) is 4.71. The van der Waals surface area contributed by atoms with Gasteiger partial charge in [-0.15, -0.1) is 12.4 Å². The summed E-state index contributed by atoms with van der Waals surface area (Å²) in [6, 6.07) is 0. The van der Waals surface area contributed by atoms with E-state index >= 15 is 0 Å². The summed E-state index contributed by atoms with van der Waals surface area (Å²) in [5.41, 5.74) is 5.55. The second-order valence-corrected chi connectivity index (χ2v) is 4.71. The van der Waals surface area contributed by atoms with E-state index in [1.54, 1.807) is 0 Å². The topological polar surface area (TPSA) is 63.3 Å². The van der Waals surface area contributed by atoms with Crippen LogP contribution in [0.4, 0.5) is 0 Å².